The molecule has 0 bridgehead atoms. The van der Waals surface area contributed by atoms with Crippen LogP contribution in [0.2, 0.25) is 0 Å². The average molecular weight is 319 g/mol. The van der Waals surface area contributed by atoms with Crippen LogP contribution in [0.15, 0.2) is 48.8 Å². The topological polar surface area (TPSA) is 37.6 Å². The van der Waals surface area contributed by atoms with Crippen LogP contribution in [0, 0.1) is 13.8 Å². The fraction of sp³-hybridized carbons (Fsp3) is 0.300. The van der Waals surface area contributed by atoms with E-state index in [0.717, 1.165) is 40.9 Å². The molecule has 2 heterocycles. The molecule has 3 aromatic rings. The molecule has 0 aliphatic heterocycles. The smallest absolute Gasteiger partial charge is 0.254 e. The minimum atomic E-state index is 0.121. The van der Waals surface area contributed by atoms with Gasteiger partial charge in [0.15, 0.2) is 0 Å². The molecule has 1 aliphatic carbocycles. The van der Waals surface area contributed by atoms with Crippen LogP contribution in [0.4, 0.5) is 0 Å². The molecule has 24 heavy (non-hydrogen) atoms. The zero-order valence-corrected chi connectivity index (χ0v) is 14.1. The first kappa shape index (κ1) is 14.9. The highest BCUT2D eigenvalue weighted by Crippen LogP contribution is 2.30. The van der Waals surface area contributed by atoms with E-state index in [4.69, 9.17) is 0 Å². The van der Waals surface area contributed by atoms with Crippen molar-refractivity contribution in [1.29, 1.82) is 0 Å². The number of carbonyl (C=O) groups is 1. The van der Waals surface area contributed by atoms with E-state index >= 15 is 0 Å². The maximum Gasteiger partial charge on any atom is 0.254 e. The van der Waals surface area contributed by atoms with E-state index in [1.54, 1.807) is 0 Å². The number of hydrogen-bond donors (Lipinski definition) is 0. The summed E-state index contributed by atoms with van der Waals surface area (Å²) in [6.07, 6.45) is 6.06. The van der Waals surface area contributed by atoms with Crippen LogP contribution in [0.25, 0.3) is 5.65 Å². The van der Waals surface area contributed by atoms with Crippen LogP contribution in [-0.4, -0.2) is 26.2 Å². The molecule has 0 radical (unpaired) electrons. The highest BCUT2D eigenvalue weighted by atomic mass is 16.2. The summed E-state index contributed by atoms with van der Waals surface area (Å²) < 4.78 is 2.06. The monoisotopic (exact) mass is 319 g/mol. The Balaban J connectivity index is 1.66. The molecule has 1 fully saturated rings. The third-order valence-corrected chi connectivity index (χ3v) is 4.54. The van der Waals surface area contributed by atoms with Gasteiger partial charge in [0.25, 0.3) is 5.91 Å². The first-order valence-corrected chi connectivity index (χ1v) is 8.42. The summed E-state index contributed by atoms with van der Waals surface area (Å²) in [6, 6.07) is 12.4. The van der Waals surface area contributed by atoms with Crippen LogP contribution in [0.5, 0.6) is 0 Å². The number of aromatic nitrogens is 2. The summed E-state index contributed by atoms with van der Waals surface area (Å²) in [7, 11) is 0. The molecule has 0 saturated heterocycles. The Kier molecular flexibility index (Phi) is 3.60. The largest absolute Gasteiger partial charge is 0.330 e. The van der Waals surface area contributed by atoms with Crippen molar-refractivity contribution in [3.05, 3.63) is 71.2 Å². The molecule has 1 amide bonds. The summed E-state index contributed by atoms with van der Waals surface area (Å²) in [5.41, 5.74) is 5.01. The van der Waals surface area contributed by atoms with Gasteiger partial charge in [-0.15, -0.1) is 0 Å². The zero-order chi connectivity index (χ0) is 16.7. The second-order valence-corrected chi connectivity index (χ2v) is 6.72. The maximum atomic E-state index is 13.1. The molecule has 4 nitrogen and oxygen atoms in total. The van der Waals surface area contributed by atoms with Gasteiger partial charge in [0, 0.05) is 17.8 Å². The van der Waals surface area contributed by atoms with Gasteiger partial charge >= 0.3 is 0 Å². The van der Waals surface area contributed by atoms with Gasteiger partial charge in [0.2, 0.25) is 0 Å². The van der Waals surface area contributed by atoms with E-state index in [-0.39, 0.29) is 5.91 Å². The number of rotatable bonds is 4. The fourth-order valence-electron chi connectivity index (χ4n) is 3.29. The molecule has 1 aliphatic rings. The quantitative estimate of drug-likeness (QED) is 0.734. The Morgan fingerprint density at radius 1 is 1.21 bits per heavy atom. The maximum absolute atomic E-state index is 13.1. The van der Waals surface area contributed by atoms with Gasteiger partial charge in [-0.05, 0) is 51.0 Å². The van der Waals surface area contributed by atoms with Crippen molar-refractivity contribution in [3.63, 3.8) is 0 Å². The Labute approximate surface area is 141 Å². The van der Waals surface area contributed by atoms with Crippen molar-refractivity contribution in [1.82, 2.24) is 14.3 Å². The standard InChI is InChI=1S/C20H21N3O/c1-14-9-15(2)11-16(10-14)20(24)23(17-6-7-17)13-18-12-21-19-5-3-4-8-22(18)19/h3-5,8-12,17H,6-7,13H2,1-2H3. The summed E-state index contributed by atoms with van der Waals surface area (Å²) in [5, 5.41) is 0. The van der Waals surface area contributed by atoms with Crippen LogP contribution >= 0.6 is 0 Å². The minimum absolute atomic E-state index is 0.121. The second-order valence-electron chi connectivity index (χ2n) is 6.72. The number of aryl methyl sites for hydroxylation is 2. The lowest BCUT2D eigenvalue weighted by Crippen LogP contribution is -2.33. The molecule has 1 aromatic carbocycles. The molecule has 0 atom stereocenters. The summed E-state index contributed by atoms with van der Waals surface area (Å²) in [5.74, 6) is 0.121. The summed E-state index contributed by atoms with van der Waals surface area (Å²) in [4.78, 5) is 19.5. The lowest BCUT2D eigenvalue weighted by Gasteiger charge is -2.22. The van der Waals surface area contributed by atoms with E-state index in [1.807, 2.05) is 61.5 Å². The van der Waals surface area contributed by atoms with Crippen LogP contribution < -0.4 is 0 Å². The SMILES string of the molecule is Cc1cc(C)cc(C(=O)N(Cc2cnc3ccccn23)C2CC2)c1. The van der Waals surface area contributed by atoms with Crippen molar-refractivity contribution < 1.29 is 4.79 Å². The van der Waals surface area contributed by atoms with Gasteiger partial charge < -0.3 is 9.30 Å². The summed E-state index contributed by atoms with van der Waals surface area (Å²) >= 11 is 0. The highest BCUT2D eigenvalue weighted by Gasteiger charge is 2.33. The summed E-state index contributed by atoms with van der Waals surface area (Å²) in [6.45, 7) is 4.67. The van der Waals surface area contributed by atoms with Gasteiger partial charge in [0.1, 0.15) is 5.65 Å². The van der Waals surface area contributed by atoms with E-state index < -0.39 is 0 Å². The molecule has 1 saturated carbocycles. The second kappa shape index (κ2) is 5.78. The van der Waals surface area contributed by atoms with Crippen LogP contribution in [0.1, 0.15) is 40.0 Å². The number of pyridine rings is 1. The van der Waals surface area contributed by atoms with Crippen molar-refractivity contribution in [3.8, 4) is 0 Å². The first-order chi connectivity index (χ1) is 11.6. The molecule has 0 spiro atoms. The van der Waals surface area contributed by atoms with Gasteiger partial charge in [-0.1, -0.05) is 23.3 Å². The van der Waals surface area contributed by atoms with Crippen molar-refractivity contribution in [2.24, 2.45) is 0 Å². The van der Waals surface area contributed by atoms with Crippen molar-refractivity contribution in [2.75, 3.05) is 0 Å². The Bertz CT molecular complexity index is 888. The third kappa shape index (κ3) is 2.80. The van der Waals surface area contributed by atoms with E-state index in [2.05, 4.69) is 15.5 Å². The van der Waals surface area contributed by atoms with E-state index in [0.29, 0.717) is 12.6 Å². The predicted molar refractivity (Wildman–Crippen MR) is 94.0 cm³/mol. The normalized spacial score (nSPS) is 14.1. The molecule has 0 N–H and O–H groups in total. The average Bonchev–Trinajstić information content (AvgIpc) is 3.32. The van der Waals surface area contributed by atoms with Gasteiger partial charge in [-0.2, -0.15) is 0 Å². The van der Waals surface area contributed by atoms with E-state index in [1.165, 1.54) is 0 Å². The Hall–Kier alpha value is -2.62. The lowest BCUT2D eigenvalue weighted by atomic mass is 10.1. The number of amides is 1. The first-order valence-electron chi connectivity index (χ1n) is 8.42. The van der Waals surface area contributed by atoms with E-state index in [9.17, 15) is 4.79 Å². The zero-order valence-electron chi connectivity index (χ0n) is 14.1. The fourth-order valence-corrected chi connectivity index (χ4v) is 3.29. The number of hydrogen-bond acceptors (Lipinski definition) is 2. The van der Waals surface area contributed by atoms with Gasteiger partial charge in [-0.3, -0.25) is 4.79 Å². The van der Waals surface area contributed by atoms with Crippen molar-refractivity contribution in [2.45, 2.75) is 39.3 Å². The number of imidazole rings is 1. The van der Waals surface area contributed by atoms with Gasteiger partial charge in [0.05, 0.1) is 18.4 Å². The molecule has 2 aromatic heterocycles. The minimum Gasteiger partial charge on any atom is -0.330 e. The molecular weight excluding hydrogens is 298 g/mol. The Morgan fingerprint density at radius 3 is 2.67 bits per heavy atom. The van der Waals surface area contributed by atoms with Gasteiger partial charge in [-0.25, -0.2) is 4.98 Å². The highest BCUT2D eigenvalue weighted by molar-refractivity contribution is 5.95. The molecular formula is C20H21N3O. The number of benzene rings is 1. The molecule has 122 valence electrons. The number of fused-ring (bicyclic) bond motifs is 1. The number of nitrogens with zero attached hydrogens (tertiary/aromatic N) is 3. The van der Waals surface area contributed by atoms with Crippen LogP contribution in [0.3, 0.4) is 0 Å². The molecule has 4 rings (SSSR count). The van der Waals surface area contributed by atoms with Crippen molar-refractivity contribution >= 4 is 11.6 Å². The van der Waals surface area contributed by atoms with Crippen LogP contribution in [-0.2, 0) is 6.54 Å². The molecule has 0 unspecified atom stereocenters. The predicted octanol–water partition coefficient (Wildman–Crippen LogP) is 3.76. The third-order valence-electron chi connectivity index (χ3n) is 4.54. The number of carbonyl (C=O) groups excluding carboxylic acids is 1. The molecule has 4 heteroatoms. The Morgan fingerprint density at radius 2 is 1.96 bits per heavy atom. The lowest BCUT2D eigenvalue weighted by molar-refractivity contribution is 0.0727.